The highest BCUT2D eigenvalue weighted by atomic mass is 35.5. The molecule has 1 saturated heterocycles. The van der Waals surface area contributed by atoms with Crippen LogP contribution in [0.25, 0.3) is 11.4 Å². The number of hydrogen-bond donors (Lipinski definition) is 1. The van der Waals surface area contributed by atoms with Crippen LogP contribution in [0, 0.1) is 12.8 Å². The molecule has 0 atom stereocenters. The van der Waals surface area contributed by atoms with Gasteiger partial charge in [0.15, 0.2) is 0 Å². The molecule has 0 unspecified atom stereocenters. The predicted octanol–water partition coefficient (Wildman–Crippen LogP) is 3.95. The molecule has 1 fully saturated rings. The van der Waals surface area contributed by atoms with Crippen LogP contribution < -0.4 is 10.2 Å². The molecule has 0 saturated carbocycles. The molecule has 3 aromatic rings. The molecule has 7 nitrogen and oxygen atoms in total. The quantitative estimate of drug-likeness (QED) is 0.717. The van der Waals surface area contributed by atoms with Crippen molar-refractivity contribution in [3.8, 4) is 11.4 Å². The van der Waals surface area contributed by atoms with Crippen molar-refractivity contribution in [2.75, 3.05) is 23.3 Å². The lowest BCUT2D eigenvalue weighted by atomic mass is 9.95. The molecule has 0 aliphatic carbocycles. The summed E-state index contributed by atoms with van der Waals surface area (Å²) in [4.78, 5) is 23.6. The Labute approximate surface area is 167 Å². The van der Waals surface area contributed by atoms with E-state index in [1.807, 2.05) is 36.4 Å². The summed E-state index contributed by atoms with van der Waals surface area (Å²) in [6.07, 6.45) is 3.17. The molecule has 1 N–H and O–H groups in total. The molecular formula is C20H20ClN5O2. The molecule has 0 radical (unpaired) electrons. The van der Waals surface area contributed by atoms with Gasteiger partial charge in [-0.25, -0.2) is 4.98 Å². The Hall–Kier alpha value is -2.93. The summed E-state index contributed by atoms with van der Waals surface area (Å²) in [5, 5.41) is 7.61. The summed E-state index contributed by atoms with van der Waals surface area (Å²) in [6.45, 7) is 3.29. The van der Waals surface area contributed by atoms with Gasteiger partial charge in [-0.1, -0.05) is 28.9 Å². The van der Waals surface area contributed by atoms with Gasteiger partial charge in [0.2, 0.25) is 17.6 Å². The number of piperidine rings is 1. The fraction of sp³-hybridized carbons (Fsp3) is 0.300. The average Bonchev–Trinajstić information content (AvgIpc) is 3.15. The van der Waals surface area contributed by atoms with Crippen LogP contribution in [0.4, 0.5) is 11.5 Å². The van der Waals surface area contributed by atoms with Crippen molar-refractivity contribution in [1.29, 1.82) is 0 Å². The number of anilines is 2. The van der Waals surface area contributed by atoms with Crippen molar-refractivity contribution in [3.05, 3.63) is 53.5 Å². The van der Waals surface area contributed by atoms with Crippen LogP contribution in [0.3, 0.4) is 0 Å². The third kappa shape index (κ3) is 3.99. The highest BCUT2D eigenvalue weighted by molar-refractivity contribution is 6.30. The van der Waals surface area contributed by atoms with E-state index in [-0.39, 0.29) is 11.8 Å². The van der Waals surface area contributed by atoms with Gasteiger partial charge in [0.1, 0.15) is 5.82 Å². The van der Waals surface area contributed by atoms with E-state index in [1.165, 1.54) is 0 Å². The molecule has 1 aliphatic rings. The summed E-state index contributed by atoms with van der Waals surface area (Å²) >= 11 is 5.90. The summed E-state index contributed by atoms with van der Waals surface area (Å²) in [5.41, 5.74) is 1.44. The van der Waals surface area contributed by atoms with E-state index >= 15 is 0 Å². The van der Waals surface area contributed by atoms with Gasteiger partial charge in [-0.3, -0.25) is 4.79 Å². The van der Waals surface area contributed by atoms with Gasteiger partial charge in [0.25, 0.3) is 0 Å². The molecule has 8 heteroatoms. The van der Waals surface area contributed by atoms with Gasteiger partial charge in [-0.15, -0.1) is 0 Å². The monoisotopic (exact) mass is 397 g/mol. The second-order valence-electron chi connectivity index (χ2n) is 6.77. The van der Waals surface area contributed by atoms with Crippen LogP contribution in [-0.4, -0.2) is 34.1 Å². The van der Waals surface area contributed by atoms with E-state index in [0.29, 0.717) is 22.4 Å². The van der Waals surface area contributed by atoms with Crippen LogP contribution in [0.1, 0.15) is 18.7 Å². The Balaban J connectivity index is 1.41. The first-order valence-corrected chi connectivity index (χ1v) is 9.55. The van der Waals surface area contributed by atoms with E-state index in [9.17, 15) is 4.79 Å². The predicted molar refractivity (Wildman–Crippen MR) is 107 cm³/mol. The zero-order chi connectivity index (χ0) is 19.5. The van der Waals surface area contributed by atoms with Crippen molar-refractivity contribution in [1.82, 2.24) is 15.1 Å². The molecule has 4 rings (SSSR count). The molecule has 1 aromatic carbocycles. The minimum Gasteiger partial charge on any atom is -0.357 e. The van der Waals surface area contributed by atoms with Gasteiger partial charge < -0.3 is 14.7 Å². The van der Waals surface area contributed by atoms with Crippen molar-refractivity contribution >= 4 is 29.0 Å². The van der Waals surface area contributed by atoms with Gasteiger partial charge >= 0.3 is 0 Å². The normalized spacial score (nSPS) is 14.9. The molecule has 0 spiro atoms. The Bertz CT molecular complexity index is 965. The minimum atomic E-state index is -0.0522. The van der Waals surface area contributed by atoms with E-state index in [0.717, 1.165) is 37.3 Å². The molecule has 3 heterocycles. The fourth-order valence-corrected chi connectivity index (χ4v) is 3.47. The Morgan fingerprint density at radius 2 is 2.00 bits per heavy atom. The average molecular weight is 398 g/mol. The Morgan fingerprint density at radius 1 is 1.21 bits per heavy atom. The van der Waals surface area contributed by atoms with Gasteiger partial charge in [0, 0.05) is 37.7 Å². The first-order valence-electron chi connectivity index (χ1n) is 9.17. The number of para-hydroxylation sites is 1. The lowest BCUT2D eigenvalue weighted by Crippen LogP contribution is -2.38. The standard InChI is InChI=1S/C20H20ClN5O2/c1-13-23-19(25-28-13)16-4-2-3-5-17(16)24-20(27)14-8-10-26(11-9-14)18-7-6-15(21)12-22-18/h2-7,12,14H,8-11H2,1H3,(H,24,27). The minimum absolute atomic E-state index is 0.0105. The topological polar surface area (TPSA) is 84.2 Å². The Kier molecular flexibility index (Phi) is 5.25. The lowest BCUT2D eigenvalue weighted by Gasteiger charge is -2.32. The second-order valence-corrected chi connectivity index (χ2v) is 7.20. The number of hydrogen-bond acceptors (Lipinski definition) is 6. The lowest BCUT2D eigenvalue weighted by molar-refractivity contribution is -0.120. The second kappa shape index (κ2) is 7.98. The maximum atomic E-state index is 12.8. The SMILES string of the molecule is Cc1nc(-c2ccccc2NC(=O)C2CCN(c3ccc(Cl)cn3)CC2)no1. The van der Waals surface area contributed by atoms with E-state index in [4.69, 9.17) is 16.1 Å². The molecule has 144 valence electrons. The van der Waals surface area contributed by atoms with Crippen molar-refractivity contribution < 1.29 is 9.32 Å². The molecule has 1 amide bonds. The van der Waals surface area contributed by atoms with Gasteiger partial charge in [-0.05, 0) is 37.1 Å². The van der Waals surface area contributed by atoms with Crippen LogP contribution in [0.15, 0.2) is 47.1 Å². The van der Waals surface area contributed by atoms with Crippen LogP contribution in [0.2, 0.25) is 5.02 Å². The first kappa shape index (κ1) is 18.4. The molecule has 2 aromatic heterocycles. The molecule has 28 heavy (non-hydrogen) atoms. The number of amides is 1. The number of rotatable bonds is 4. The number of halogens is 1. The third-order valence-corrected chi connectivity index (χ3v) is 5.08. The van der Waals surface area contributed by atoms with Crippen molar-refractivity contribution in [2.24, 2.45) is 5.92 Å². The number of carbonyl (C=O) groups is 1. The smallest absolute Gasteiger partial charge is 0.227 e. The maximum absolute atomic E-state index is 12.8. The van der Waals surface area contributed by atoms with Gasteiger partial charge in [-0.2, -0.15) is 4.98 Å². The highest BCUT2D eigenvalue weighted by Gasteiger charge is 2.26. The number of nitrogens with one attached hydrogen (secondary N) is 1. The zero-order valence-corrected chi connectivity index (χ0v) is 16.2. The third-order valence-electron chi connectivity index (χ3n) is 4.85. The summed E-state index contributed by atoms with van der Waals surface area (Å²) in [6, 6.07) is 11.2. The zero-order valence-electron chi connectivity index (χ0n) is 15.4. The molecule has 1 aliphatic heterocycles. The number of aryl methyl sites for hydroxylation is 1. The van der Waals surface area contributed by atoms with Crippen LogP contribution >= 0.6 is 11.6 Å². The number of nitrogens with zero attached hydrogens (tertiary/aromatic N) is 4. The van der Waals surface area contributed by atoms with Crippen molar-refractivity contribution in [3.63, 3.8) is 0 Å². The summed E-state index contributed by atoms with van der Waals surface area (Å²) in [5.74, 6) is 1.80. The maximum Gasteiger partial charge on any atom is 0.227 e. The summed E-state index contributed by atoms with van der Waals surface area (Å²) in [7, 11) is 0. The van der Waals surface area contributed by atoms with Crippen LogP contribution in [0.5, 0.6) is 0 Å². The Morgan fingerprint density at radius 3 is 2.68 bits per heavy atom. The number of carbonyl (C=O) groups excluding carboxylic acids is 1. The van der Waals surface area contributed by atoms with Gasteiger partial charge in [0.05, 0.1) is 10.7 Å². The number of benzene rings is 1. The molecule has 0 bridgehead atoms. The highest BCUT2D eigenvalue weighted by Crippen LogP contribution is 2.28. The number of pyridine rings is 1. The van der Waals surface area contributed by atoms with E-state index in [1.54, 1.807) is 13.1 Å². The first-order chi connectivity index (χ1) is 13.6. The van der Waals surface area contributed by atoms with Crippen molar-refractivity contribution in [2.45, 2.75) is 19.8 Å². The van der Waals surface area contributed by atoms with Crippen LogP contribution in [-0.2, 0) is 4.79 Å². The van der Waals surface area contributed by atoms with E-state index < -0.39 is 0 Å². The molecular weight excluding hydrogens is 378 g/mol. The fourth-order valence-electron chi connectivity index (χ4n) is 3.36. The summed E-state index contributed by atoms with van der Waals surface area (Å²) < 4.78 is 5.06. The largest absolute Gasteiger partial charge is 0.357 e. The van der Waals surface area contributed by atoms with E-state index in [2.05, 4.69) is 25.3 Å². The number of aromatic nitrogens is 3.